The Morgan fingerprint density at radius 3 is 1.75 bits per heavy atom. The van der Waals surface area contributed by atoms with Gasteiger partial charge in [-0.3, -0.25) is 5.11 Å². The van der Waals surface area contributed by atoms with Crippen LogP contribution in [0.3, 0.4) is 0 Å². The standard InChI is InChI=1S/C3HF4O/c4-1-2(8)3(5,6)7/h1H/b2-1-. The van der Waals surface area contributed by atoms with Gasteiger partial charge in [-0.2, -0.15) is 13.2 Å². The third-order valence-corrected chi connectivity index (χ3v) is 0.378. The lowest BCUT2D eigenvalue weighted by molar-refractivity contribution is -0.131. The van der Waals surface area contributed by atoms with E-state index in [1.165, 1.54) is 0 Å². The second-order valence-corrected chi connectivity index (χ2v) is 0.971. The van der Waals surface area contributed by atoms with Gasteiger partial charge < -0.3 is 0 Å². The van der Waals surface area contributed by atoms with Crippen molar-refractivity contribution in [3.8, 4) is 0 Å². The summed E-state index contributed by atoms with van der Waals surface area (Å²) in [7, 11) is 0. The van der Waals surface area contributed by atoms with Crippen LogP contribution in [0.15, 0.2) is 12.1 Å². The molecule has 0 rings (SSSR count). The van der Waals surface area contributed by atoms with Gasteiger partial charge in [-0.1, -0.05) is 0 Å². The third-order valence-electron chi connectivity index (χ3n) is 0.378. The fourth-order valence-electron chi connectivity index (χ4n) is 0.0619. The number of hydrogen-bond acceptors (Lipinski definition) is 0. The van der Waals surface area contributed by atoms with Crippen molar-refractivity contribution in [3.05, 3.63) is 12.1 Å². The summed E-state index contributed by atoms with van der Waals surface area (Å²) in [6.07, 6.45) is -6.07. The topological polar surface area (TPSA) is 19.9 Å². The first-order valence-electron chi connectivity index (χ1n) is 1.53. The van der Waals surface area contributed by atoms with Gasteiger partial charge in [0.1, 0.15) is 6.33 Å². The van der Waals surface area contributed by atoms with Crippen molar-refractivity contribution in [1.29, 1.82) is 0 Å². The van der Waals surface area contributed by atoms with Crippen molar-refractivity contribution in [2.45, 2.75) is 6.18 Å². The van der Waals surface area contributed by atoms with E-state index < -0.39 is 18.3 Å². The van der Waals surface area contributed by atoms with Gasteiger partial charge in [0.25, 0.3) is 5.76 Å². The van der Waals surface area contributed by atoms with Crippen LogP contribution in [0.4, 0.5) is 17.6 Å². The molecule has 1 radical (unpaired) electrons. The molecule has 0 heterocycles. The Balaban J connectivity index is 4.03. The predicted molar refractivity (Wildman–Crippen MR) is 15.9 cm³/mol. The molecule has 0 bridgehead atoms. The van der Waals surface area contributed by atoms with Gasteiger partial charge in [-0.25, -0.2) is 4.39 Å². The monoisotopic (exact) mass is 129 g/mol. The van der Waals surface area contributed by atoms with Gasteiger partial charge in [0.15, 0.2) is 0 Å². The SMILES string of the molecule is [O]/C(=C\F)C(F)(F)F. The van der Waals surface area contributed by atoms with Crippen molar-refractivity contribution in [3.63, 3.8) is 0 Å². The molecule has 0 atom stereocenters. The zero-order valence-electron chi connectivity index (χ0n) is 3.50. The highest BCUT2D eigenvalue weighted by molar-refractivity contribution is 4.91. The quantitative estimate of drug-likeness (QED) is 0.351. The van der Waals surface area contributed by atoms with E-state index in [9.17, 15) is 22.7 Å². The minimum atomic E-state index is -5.06. The van der Waals surface area contributed by atoms with Crippen LogP contribution >= 0.6 is 0 Å². The molecule has 0 aliphatic heterocycles. The predicted octanol–water partition coefficient (Wildman–Crippen LogP) is 1.79. The number of alkyl halides is 3. The average molecular weight is 129 g/mol. The number of allylic oxidation sites excluding steroid dienone is 1. The highest BCUT2D eigenvalue weighted by Crippen LogP contribution is 2.23. The number of rotatable bonds is 0. The molecule has 0 fully saturated rings. The van der Waals surface area contributed by atoms with Crippen molar-refractivity contribution in [1.82, 2.24) is 0 Å². The molecule has 0 aliphatic rings. The van der Waals surface area contributed by atoms with E-state index in [0.29, 0.717) is 0 Å². The lowest BCUT2D eigenvalue weighted by atomic mass is 10.6. The van der Waals surface area contributed by atoms with Crippen molar-refractivity contribution >= 4 is 0 Å². The third kappa shape index (κ3) is 1.81. The minimum absolute atomic E-state index is 1.01. The Bertz CT molecular complexity index is 102. The average Bonchev–Trinajstić information content (AvgIpc) is 1.62. The van der Waals surface area contributed by atoms with Crippen molar-refractivity contribution in [2.75, 3.05) is 0 Å². The molecular formula is C3HF4O. The smallest absolute Gasteiger partial charge is 0.282 e. The van der Waals surface area contributed by atoms with Crippen molar-refractivity contribution in [2.24, 2.45) is 0 Å². The molecule has 0 aliphatic carbocycles. The fraction of sp³-hybridized carbons (Fsp3) is 0.333. The first-order chi connectivity index (χ1) is 3.48. The molecule has 0 amide bonds. The first kappa shape index (κ1) is 7.26. The van der Waals surface area contributed by atoms with Gasteiger partial charge in [0.2, 0.25) is 0 Å². The molecule has 1 nitrogen and oxygen atoms in total. The highest BCUT2D eigenvalue weighted by atomic mass is 19.4. The summed E-state index contributed by atoms with van der Waals surface area (Å²) in [6.45, 7) is 0. The molecule has 47 valence electrons. The van der Waals surface area contributed by atoms with Crippen LogP contribution in [0.1, 0.15) is 0 Å². The Morgan fingerprint density at radius 1 is 1.38 bits per heavy atom. The van der Waals surface area contributed by atoms with Crippen molar-refractivity contribution < 1.29 is 22.7 Å². The summed E-state index contributed by atoms with van der Waals surface area (Å²) in [5.41, 5.74) is 0. The van der Waals surface area contributed by atoms with Gasteiger partial charge in [-0.05, 0) is 0 Å². The largest absolute Gasteiger partial charge is 0.456 e. The Kier molecular flexibility index (Phi) is 1.83. The maximum atomic E-state index is 10.8. The minimum Gasteiger partial charge on any atom is -0.282 e. The van der Waals surface area contributed by atoms with Crippen LogP contribution in [0.5, 0.6) is 0 Å². The van der Waals surface area contributed by atoms with Gasteiger partial charge in [-0.15, -0.1) is 0 Å². The van der Waals surface area contributed by atoms with E-state index in [4.69, 9.17) is 0 Å². The molecule has 8 heavy (non-hydrogen) atoms. The first-order valence-corrected chi connectivity index (χ1v) is 1.53. The summed E-state index contributed by atoms with van der Waals surface area (Å²) >= 11 is 0. The fourth-order valence-corrected chi connectivity index (χ4v) is 0.0619. The molecule has 0 saturated carbocycles. The highest BCUT2D eigenvalue weighted by Gasteiger charge is 2.36. The molecule has 0 N–H and O–H groups in total. The summed E-state index contributed by atoms with van der Waals surface area (Å²) in [5.74, 6) is -2.46. The molecular weight excluding hydrogens is 128 g/mol. The lowest BCUT2D eigenvalue weighted by Gasteiger charge is -1.96. The van der Waals surface area contributed by atoms with E-state index in [1.807, 2.05) is 0 Å². The maximum Gasteiger partial charge on any atom is 0.456 e. The Hall–Kier alpha value is -0.740. The zero-order valence-corrected chi connectivity index (χ0v) is 3.50. The number of hydrogen-bond donors (Lipinski definition) is 0. The second-order valence-electron chi connectivity index (χ2n) is 0.971. The van der Waals surface area contributed by atoms with Crippen LogP contribution in [0.25, 0.3) is 0 Å². The Labute approximate surface area is 42.2 Å². The van der Waals surface area contributed by atoms with Gasteiger partial charge >= 0.3 is 6.18 Å². The van der Waals surface area contributed by atoms with Crippen LogP contribution in [-0.2, 0) is 5.11 Å². The maximum absolute atomic E-state index is 10.8. The van der Waals surface area contributed by atoms with Gasteiger partial charge in [0.05, 0.1) is 0 Å². The van der Waals surface area contributed by atoms with E-state index in [2.05, 4.69) is 0 Å². The van der Waals surface area contributed by atoms with E-state index >= 15 is 0 Å². The van der Waals surface area contributed by atoms with E-state index in [0.717, 1.165) is 0 Å². The molecule has 0 saturated heterocycles. The molecule has 0 spiro atoms. The summed E-state index contributed by atoms with van der Waals surface area (Å²) in [6, 6.07) is 0. The normalized spacial score (nSPS) is 14.2. The molecule has 0 aromatic heterocycles. The summed E-state index contributed by atoms with van der Waals surface area (Å²) < 4.78 is 43.2. The molecule has 0 unspecified atom stereocenters. The number of halogens is 4. The molecule has 0 aromatic rings. The van der Waals surface area contributed by atoms with Crippen LogP contribution in [-0.4, -0.2) is 6.18 Å². The second kappa shape index (κ2) is 2.02. The Morgan fingerprint density at radius 2 is 1.75 bits per heavy atom. The summed E-state index contributed by atoms with van der Waals surface area (Å²) in [5, 5.41) is 9.28. The van der Waals surface area contributed by atoms with Gasteiger partial charge in [0, 0.05) is 0 Å². The molecule has 5 heteroatoms. The van der Waals surface area contributed by atoms with Crippen LogP contribution < -0.4 is 0 Å². The lowest BCUT2D eigenvalue weighted by Crippen LogP contribution is -2.08. The van der Waals surface area contributed by atoms with Crippen LogP contribution in [0.2, 0.25) is 0 Å². The van der Waals surface area contributed by atoms with Crippen LogP contribution in [0, 0.1) is 0 Å². The zero-order chi connectivity index (χ0) is 6.78. The molecule has 0 aromatic carbocycles. The van der Waals surface area contributed by atoms with E-state index in [-0.39, 0.29) is 0 Å². The van der Waals surface area contributed by atoms with E-state index in [1.54, 1.807) is 0 Å². The summed E-state index contributed by atoms with van der Waals surface area (Å²) in [4.78, 5) is 0.